The third-order valence-corrected chi connectivity index (χ3v) is 4.49. The molecule has 0 aliphatic rings. The van der Waals surface area contributed by atoms with Crippen molar-refractivity contribution in [2.75, 3.05) is 18.5 Å². The summed E-state index contributed by atoms with van der Waals surface area (Å²) >= 11 is 0. The van der Waals surface area contributed by atoms with Crippen molar-refractivity contribution < 1.29 is 9.84 Å². The molecule has 0 spiro atoms. The lowest BCUT2D eigenvalue weighted by atomic mass is 10.1. The summed E-state index contributed by atoms with van der Waals surface area (Å²) in [6.45, 7) is 1.13. The fraction of sp³-hybridized carbons (Fsp3) is 0.478. The van der Waals surface area contributed by atoms with Crippen molar-refractivity contribution in [2.45, 2.75) is 57.8 Å². The van der Waals surface area contributed by atoms with Gasteiger partial charge >= 0.3 is 0 Å². The molecule has 0 bridgehead atoms. The fourth-order valence-electron chi connectivity index (χ4n) is 2.96. The fourth-order valence-corrected chi connectivity index (χ4v) is 2.96. The molecule has 0 radical (unpaired) electrons. The number of aliphatic hydroxyl groups is 1. The van der Waals surface area contributed by atoms with Crippen LogP contribution in [-0.2, 0) is 0 Å². The highest BCUT2D eigenvalue weighted by atomic mass is 16.5. The lowest BCUT2D eigenvalue weighted by Crippen LogP contribution is -1.97. The Bertz CT molecular complexity index is 569. The van der Waals surface area contributed by atoms with Gasteiger partial charge in [-0.2, -0.15) is 0 Å². The van der Waals surface area contributed by atoms with E-state index in [1.807, 2.05) is 30.3 Å². The Morgan fingerprint density at radius 1 is 0.615 bits per heavy atom. The predicted octanol–water partition coefficient (Wildman–Crippen LogP) is 6.31. The summed E-state index contributed by atoms with van der Waals surface area (Å²) in [7, 11) is 0. The SMILES string of the molecule is OCCCCCCCCCCCOc1ccc(Nc2ccccc2)cc1. The molecular formula is C23H33NO2. The Morgan fingerprint density at radius 3 is 1.77 bits per heavy atom. The van der Waals surface area contributed by atoms with E-state index in [9.17, 15) is 0 Å². The highest BCUT2D eigenvalue weighted by Gasteiger charge is 1.97. The average Bonchev–Trinajstić information content (AvgIpc) is 2.68. The van der Waals surface area contributed by atoms with Gasteiger partial charge in [0.15, 0.2) is 0 Å². The number of hydrogen-bond acceptors (Lipinski definition) is 3. The minimum Gasteiger partial charge on any atom is -0.494 e. The van der Waals surface area contributed by atoms with Gasteiger partial charge in [0.1, 0.15) is 5.75 Å². The summed E-state index contributed by atoms with van der Waals surface area (Å²) in [5, 5.41) is 12.1. The minimum atomic E-state index is 0.340. The van der Waals surface area contributed by atoms with E-state index in [0.717, 1.165) is 36.6 Å². The first-order chi connectivity index (χ1) is 12.9. The van der Waals surface area contributed by atoms with E-state index in [1.165, 1.54) is 44.9 Å². The maximum Gasteiger partial charge on any atom is 0.119 e. The Kier molecular flexibility index (Phi) is 10.3. The van der Waals surface area contributed by atoms with Crippen LogP contribution in [0, 0.1) is 0 Å². The monoisotopic (exact) mass is 355 g/mol. The molecule has 2 aromatic rings. The van der Waals surface area contributed by atoms with E-state index in [2.05, 4.69) is 29.6 Å². The zero-order valence-electron chi connectivity index (χ0n) is 15.8. The Hall–Kier alpha value is -2.00. The first-order valence-electron chi connectivity index (χ1n) is 10.0. The van der Waals surface area contributed by atoms with Crippen LogP contribution in [0.4, 0.5) is 11.4 Å². The zero-order chi connectivity index (χ0) is 18.3. The Morgan fingerprint density at radius 2 is 1.15 bits per heavy atom. The number of ether oxygens (including phenoxy) is 1. The van der Waals surface area contributed by atoms with Gasteiger partial charge in [-0.3, -0.25) is 0 Å². The number of nitrogens with one attached hydrogen (secondary N) is 1. The van der Waals surface area contributed by atoms with Gasteiger partial charge in [0, 0.05) is 18.0 Å². The van der Waals surface area contributed by atoms with Crippen molar-refractivity contribution in [3.63, 3.8) is 0 Å². The van der Waals surface area contributed by atoms with Crippen molar-refractivity contribution in [1.29, 1.82) is 0 Å². The second kappa shape index (κ2) is 13.2. The number of anilines is 2. The Labute approximate surface area is 158 Å². The number of unbranched alkanes of at least 4 members (excludes halogenated alkanes) is 8. The normalized spacial score (nSPS) is 10.7. The second-order valence-corrected chi connectivity index (χ2v) is 6.77. The standard InChI is InChI=1S/C23H33NO2/c25-19-11-6-4-2-1-3-5-7-12-20-26-23-17-15-22(16-18-23)24-21-13-9-8-10-14-21/h8-10,13-18,24-25H,1-7,11-12,19-20H2. The van der Waals surface area contributed by atoms with E-state index in [0.29, 0.717) is 6.61 Å². The van der Waals surface area contributed by atoms with Crippen molar-refractivity contribution in [3.8, 4) is 5.75 Å². The van der Waals surface area contributed by atoms with Gasteiger partial charge in [0.2, 0.25) is 0 Å². The summed E-state index contributed by atoms with van der Waals surface area (Å²) in [6, 6.07) is 18.3. The molecule has 142 valence electrons. The molecule has 0 saturated heterocycles. The first-order valence-corrected chi connectivity index (χ1v) is 10.0. The smallest absolute Gasteiger partial charge is 0.119 e. The molecule has 0 atom stereocenters. The van der Waals surface area contributed by atoms with Gasteiger partial charge < -0.3 is 15.2 Å². The Balaban J connectivity index is 1.49. The first kappa shape index (κ1) is 20.3. The second-order valence-electron chi connectivity index (χ2n) is 6.77. The molecule has 0 heterocycles. The molecule has 2 aromatic carbocycles. The van der Waals surface area contributed by atoms with Crippen LogP contribution in [0.2, 0.25) is 0 Å². The topological polar surface area (TPSA) is 41.5 Å². The van der Waals surface area contributed by atoms with Crippen LogP contribution in [0.1, 0.15) is 57.8 Å². The van der Waals surface area contributed by atoms with Crippen molar-refractivity contribution in [3.05, 3.63) is 54.6 Å². The van der Waals surface area contributed by atoms with Crippen LogP contribution in [-0.4, -0.2) is 18.3 Å². The van der Waals surface area contributed by atoms with Crippen LogP contribution >= 0.6 is 0 Å². The van der Waals surface area contributed by atoms with Crippen molar-refractivity contribution in [2.24, 2.45) is 0 Å². The third kappa shape index (κ3) is 8.91. The summed E-state index contributed by atoms with van der Waals surface area (Å²) in [5.41, 5.74) is 2.16. The number of para-hydroxylation sites is 1. The molecule has 0 fully saturated rings. The largest absolute Gasteiger partial charge is 0.494 e. The van der Waals surface area contributed by atoms with E-state index >= 15 is 0 Å². The lowest BCUT2D eigenvalue weighted by molar-refractivity contribution is 0.282. The van der Waals surface area contributed by atoms with Gasteiger partial charge in [-0.05, 0) is 49.2 Å². The predicted molar refractivity (Wildman–Crippen MR) is 110 cm³/mol. The average molecular weight is 356 g/mol. The van der Waals surface area contributed by atoms with Gasteiger partial charge in [-0.15, -0.1) is 0 Å². The van der Waals surface area contributed by atoms with Crippen LogP contribution in [0.3, 0.4) is 0 Å². The highest BCUT2D eigenvalue weighted by molar-refractivity contribution is 5.59. The molecule has 26 heavy (non-hydrogen) atoms. The molecule has 0 amide bonds. The molecule has 3 nitrogen and oxygen atoms in total. The molecule has 0 unspecified atom stereocenters. The molecule has 0 aliphatic heterocycles. The van der Waals surface area contributed by atoms with Crippen LogP contribution < -0.4 is 10.1 Å². The number of hydrogen-bond donors (Lipinski definition) is 2. The van der Waals surface area contributed by atoms with Crippen molar-refractivity contribution in [1.82, 2.24) is 0 Å². The van der Waals surface area contributed by atoms with Crippen molar-refractivity contribution >= 4 is 11.4 Å². The van der Waals surface area contributed by atoms with E-state index in [1.54, 1.807) is 0 Å². The number of aliphatic hydroxyl groups excluding tert-OH is 1. The van der Waals surface area contributed by atoms with E-state index < -0.39 is 0 Å². The van der Waals surface area contributed by atoms with Crippen LogP contribution in [0.25, 0.3) is 0 Å². The number of benzene rings is 2. The summed E-state index contributed by atoms with van der Waals surface area (Å²) in [6.07, 6.45) is 11.0. The van der Waals surface area contributed by atoms with Gasteiger partial charge in [-0.1, -0.05) is 63.1 Å². The minimum absolute atomic E-state index is 0.340. The van der Waals surface area contributed by atoms with E-state index in [4.69, 9.17) is 9.84 Å². The molecule has 0 saturated carbocycles. The lowest BCUT2D eigenvalue weighted by Gasteiger charge is -2.09. The highest BCUT2D eigenvalue weighted by Crippen LogP contribution is 2.20. The van der Waals surface area contributed by atoms with Gasteiger partial charge in [0.05, 0.1) is 6.61 Å². The maximum atomic E-state index is 8.73. The zero-order valence-corrected chi connectivity index (χ0v) is 15.8. The molecule has 2 N–H and O–H groups in total. The van der Waals surface area contributed by atoms with Gasteiger partial charge in [-0.25, -0.2) is 0 Å². The summed E-state index contributed by atoms with van der Waals surface area (Å²) < 4.78 is 5.83. The van der Waals surface area contributed by atoms with Crippen LogP contribution in [0.15, 0.2) is 54.6 Å². The quantitative estimate of drug-likeness (QED) is 0.390. The van der Waals surface area contributed by atoms with Gasteiger partial charge in [0.25, 0.3) is 0 Å². The summed E-state index contributed by atoms with van der Waals surface area (Å²) in [4.78, 5) is 0. The molecule has 3 heteroatoms. The molecule has 0 aliphatic carbocycles. The number of rotatable bonds is 14. The maximum absolute atomic E-state index is 8.73. The summed E-state index contributed by atoms with van der Waals surface area (Å²) in [5.74, 6) is 0.937. The third-order valence-electron chi connectivity index (χ3n) is 4.49. The molecule has 2 rings (SSSR count). The van der Waals surface area contributed by atoms with Crippen LogP contribution in [0.5, 0.6) is 5.75 Å². The molecule has 0 aromatic heterocycles. The van der Waals surface area contributed by atoms with E-state index in [-0.39, 0.29) is 0 Å². The molecular weight excluding hydrogens is 322 g/mol.